The van der Waals surface area contributed by atoms with Crippen LogP contribution in [-0.2, 0) is 26.2 Å². The molecule has 0 bridgehead atoms. The minimum Gasteiger partial charge on any atom is -0.462 e. The Morgan fingerprint density at radius 3 is 2.63 bits per heavy atom. The van der Waals surface area contributed by atoms with Gasteiger partial charge in [-0.1, -0.05) is 0 Å². The number of carbonyl (C=O) groups excluding carboxylic acids is 2. The number of nitrogens with two attached hydrogens (primary N) is 2. The molecule has 2 heterocycles. The van der Waals surface area contributed by atoms with Gasteiger partial charge in [0.25, 0.3) is 5.91 Å². The number of carbonyl (C=O) groups is 2. The van der Waals surface area contributed by atoms with Crippen molar-refractivity contribution in [1.82, 2.24) is 0 Å². The molecule has 7 nitrogen and oxygen atoms in total. The fourth-order valence-electron chi connectivity index (χ4n) is 3.82. The third-order valence-electron chi connectivity index (χ3n) is 4.56. The maximum Gasteiger partial charge on any atom is 0.341 e. The molecule has 2 rings (SSSR count). The molecule has 0 atom stereocenters. The molecule has 0 radical (unpaired) electrons. The highest BCUT2D eigenvalue weighted by molar-refractivity contribution is 7.17. The Balaban J connectivity index is 2.33. The number of quaternary nitrogens is 2. The molecule has 1 aliphatic rings. The van der Waals surface area contributed by atoms with Gasteiger partial charge in [0.05, 0.1) is 35.7 Å². The Bertz CT molecular complexity index is 697. The first-order valence-electron chi connectivity index (χ1n) is 9.42. The second-order valence-corrected chi connectivity index (χ2v) is 9.21. The topological polar surface area (TPSA) is 97.8 Å². The van der Waals surface area contributed by atoms with E-state index in [1.165, 1.54) is 11.3 Å². The van der Waals surface area contributed by atoms with Gasteiger partial charge in [0.15, 0.2) is 6.54 Å². The van der Waals surface area contributed by atoms with E-state index < -0.39 is 0 Å². The van der Waals surface area contributed by atoms with Gasteiger partial charge in [0, 0.05) is 13.5 Å². The van der Waals surface area contributed by atoms with E-state index >= 15 is 0 Å². The molecule has 0 aromatic carbocycles. The summed E-state index contributed by atoms with van der Waals surface area (Å²) in [5, 5.41) is 7.76. The standard InChI is InChI=1S/C19H31N3O4S/c1-7-26-17(24)14-12-10-18(2,3)22-19(4,5)15(12)27-16(14)21-13(23)11-20-8-9-25-6/h20,22H,7-11H2,1-6H3,(H,21,23)/p+2. The molecule has 1 amide bonds. The van der Waals surface area contributed by atoms with Crippen LogP contribution in [0.4, 0.5) is 5.00 Å². The zero-order chi connectivity index (χ0) is 20.2. The highest BCUT2D eigenvalue weighted by atomic mass is 32.1. The predicted molar refractivity (Wildman–Crippen MR) is 105 cm³/mol. The first-order chi connectivity index (χ1) is 12.6. The van der Waals surface area contributed by atoms with Crippen molar-refractivity contribution in [3.05, 3.63) is 16.0 Å². The van der Waals surface area contributed by atoms with Crippen molar-refractivity contribution in [2.45, 2.75) is 52.1 Å². The minimum absolute atomic E-state index is 0.0337. The summed E-state index contributed by atoms with van der Waals surface area (Å²) in [4.78, 5) is 26.2. The molecule has 0 aliphatic carbocycles. The Kier molecular flexibility index (Phi) is 7.02. The van der Waals surface area contributed by atoms with E-state index in [9.17, 15) is 9.59 Å². The van der Waals surface area contributed by atoms with Gasteiger partial charge in [-0.2, -0.15) is 0 Å². The molecule has 0 spiro atoms. The molecule has 0 saturated heterocycles. The van der Waals surface area contributed by atoms with Crippen molar-refractivity contribution in [2.24, 2.45) is 0 Å². The Hall–Kier alpha value is -1.48. The first-order valence-corrected chi connectivity index (χ1v) is 10.2. The van der Waals surface area contributed by atoms with Crippen LogP contribution < -0.4 is 16.0 Å². The Labute approximate surface area is 165 Å². The lowest BCUT2D eigenvalue weighted by Gasteiger charge is -2.38. The molecule has 1 aliphatic heterocycles. The quantitative estimate of drug-likeness (QED) is 0.430. The van der Waals surface area contributed by atoms with Gasteiger partial charge in [0.1, 0.15) is 10.5 Å². The molecule has 27 heavy (non-hydrogen) atoms. The zero-order valence-electron chi connectivity index (χ0n) is 17.2. The van der Waals surface area contributed by atoms with Crippen molar-refractivity contribution >= 4 is 28.2 Å². The van der Waals surface area contributed by atoms with Crippen LogP contribution in [-0.4, -0.2) is 50.8 Å². The highest BCUT2D eigenvalue weighted by Gasteiger charge is 2.45. The van der Waals surface area contributed by atoms with Crippen molar-refractivity contribution in [2.75, 3.05) is 38.7 Å². The predicted octanol–water partition coefficient (Wildman–Crippen LogP) is 0.206. The number of hydrogen-bond acceptors (Lipinski definition) is 5. The Morgan fingerprint density at radius 1 is 1.30 bits per heavy atom. The molecule has 1 aromatic rings. The smallest absolute Gasteiger partial charge is 0.341 e. The second-order valence-electron chi connectivity index (χ2n) is 8.19. The molecule has 8 heteroatoms. The van der Waals surface area contributed by atoms with Crippen LogP contribution in [0.15, 0.2) is 0 Å². The number of nitrogens with one attached hydrogen (secondary N) is 1. The van der Waals surface area contributed by atoms with Crippen molar-refractivity contribution < 1.29 is 29.7 Å². The fraction of sp³-hybridized carbons (Fsp3) is 0.684. The average Bonchev–Trinajstić information content (AvgIpc) is 2.88. The van der Waals surface area contributed by atoms with Gasteiger partial charge in [0.2, 0.25) is 0 Å². The Morgan fingerprint density at radius 2 is 2.00 bits per heavy atom. The average molecular weight is 400 g/mol. The zero-order valence-corrected chi connectivity index (χ0v) is 18.0. The summed E-state index contributed by atoms with van der Waals surface area (Å²) in [7, 11) is 1.63. The third kappa shape index (κ3) is 5.28. The largest absolute Gasteiger partial charge is 0.462 e. The summed E-state index contributed by atoms with van der Waals surface area (Å²) >= 11 is 1.49. The van der Waals surface area contributed by atoms with Crippen LogP contribution in [0.2, 0.25) is 0 Å². The summed E-state index contributed by atoms with van der Waals surface area (Å²) < 4.78 is 10.3. The first kappa shape index (κ1) is 21.8. The number of hydrogen-bond donors (Lipinski definition) is 3. The van der Waals surface area contributed by atoms with Crippen LogP contribution in [0.5, 0.6) is 0 Å². The van der Waals surface area contributed by atoms with Crippen molar-refractivity contribution in [3.63, 3.8) is 0 Å². The number of fused-ring (bicyclic) bond motifs is 1. The van der Waals surface area contributed by atoms with Crippen LogP contribution in [0.1, 0.15) is 55.4 Å². The molecule has 0 fully saturated rings. The monoisotopic (exact) mass is 399 g/mol. The third-order valence-corrected chi connectivity index (χ3v) is 6.05. The summed E-state index contributed by atoms with van der Waals surface area (Å²) in [6.45, 7) is 12.3. The van der Waals surface area contributed by atoms with Gasteiger partial charge < -0.3 is 25.4 Å². The highest BCUT2D eigenvalue weighted by Crippen LogP contribution is 2.42. The lowest BCUT2D eigenvalue weighted by Crippen LogP contribution is -3.03. The van der Waals surface area contributed by atoms with Crippen LogP contribution in [0, 0.1) is 0 Å². The van der Waals surface area contributed by atoms with E-state index in [4.69, 9.17) is 9.47 Å². The number of methoxy groups -OCH3 is 1. The van der Waals surface area contributed by atoms with Gasteiger partial charge in [-0.3, -0.25) is 4.79 Å². The number of amides is 1. The summed E-state index contributed by atoms with van der Waals surface area (Å²) in [6, 6.07) is 0. The van der Waals surface area contributed by atoms with Crippen molar-refractivity contribution in [3.8, 4) is 0 Å². The maximum absolute atomic E-state index is 12.7. The number of rotatable bonds is 8. The molecule has 0 unspecified atom stereocenters. The van der Waals surface area contributed by atoms with Crippen molar-refractivity contribution in [1.29, 1.82) is 0 Å². The van der Waals surface area contributed by atoms with E-state index in [1.54, 1.807) is 14.0 Å². The number of anilines is 1. The summed E-state index contributed by atoms with van der Waals surface area (Å²) in [5.41, 5.74) is 1.33. The van der Waals surface area contributed by atoms with E-state index in [1.807, 2.05) is 5.32 Å². The lowest BCUT2D eigenvalue weighted by atomic mass is 9.81. The van der Waals surface area contributed by atoms with E-state index in [2.05, 4.69) is 38.3 Å². The van der Waals surface area contributed by atoms with E-state index in [-0.39, 0.29) is 29.5 Å². The summed E-state index contributed by atoms with van der Waals surface area (Å²) in [5.74, 6) is -0.488. The lowest BCUT2D eigenvalue weighted by molar-refractivity contribution is -0.789. The summed E-state index contributed by atoms with van der Waals surface area (Å²) in [6.07, 6.45) is 0.756. The molecular weight excluding hydrogens is 366 g/mol. The van der Waals surface area contributed by atoms with Gasteiger partial charge in [-0.15, -0.1) is 11.3 Å². The van der Waals surface area contributed by atoms with Crippen LogP contribution in [0.25, 0.3) is 0 Å². The number of esters is 1. The fourth-order valence-corrected chi connectivity index (χ4v) is 5.12. The van der Waals surface area contributed by atoms with Crippen LogP contribution >= 0.6 is 11.3 Å². The molecule has 1 aromatic heterocycles. The maximum atomic E-state index is 12.7. The minimum atomic E-state index is -0.359. The van der Waals surface area contributed by atoms with Gasteiger partial charge in [-0.25, -0.2) is 4.79 Å². The van der Waals surface area contributed by atoms with Gasteiger partial charge >= 0.3 is 5.97 Å². The van der Waals surface area contributed by atoms with Gasteiger partial charge in [-0.05, 0) is 40.2 Å². The van der Waals surface area contributed by atoms with E-state index in [0.29, 0.717) is 30.3 Å². The normalized spacial score (nSPS) is 17.3. The molecule has 152 valence electrons. The SMILES string of the molecule is CCOC(=O)c1c(NC(=O)C[NH2+]CCOC)sc2c1CC(C)(C)[NH2+]C2(C)C. The second kappa shape index (κ2) is 8.68. The molecule has 0 saturated carbocycles. The van der Waals surface area contributed by atoms with Crippen LogP contribution in [0.3, 0.4) is 0 Å². The molecule has 5 N–H and O–H groups in total. The molecular formula is C19H33N3O4S+2. The van der Waals surface area contributed by atoms with E-state index in [0.717, 1.165) is 16.9 Å². The number of thiophene rings is 1. The number of ether oxygens (including phenoxy) is 2.